The lowest BCUT2D eigenvalue weighted by Crippen LogP contribution is -2.52. The van der Waals surface area contributed by atoms with Gasteiger partial charge in [-0.25, -0.2) is 4.39 Å². The minimum atomic E-state index is -0.184. The van der Waals surface area contributed by atoms with Crippen molar-refractivity contribution in [2.45, 2.75) is 25.5 Å². The molecule has 1 aliphatic rings. The quantitative estimate of drug-likeness (QED) is 0.877. The van der Waals surface area contributed by atoms with Crippen LogP contribution in [0.15, 0.2) is 24.3 Å². The molecule has 0 radical (unpaired) electrons. The fraction of sp³-hybridized carbons (Fsp3) is 0.600. The molecule has 1 N–H and O–H groups in total. The van der Waals surface area contributed by atoms with Crippen molar-refractivity contribution >= 4 is 0 Å². The van der Waals surface area contributed by atoms with Crippen LogP contribution in [0.2, 0.25) is 0 Å². The van der Waals surface area contributed by atoms with Crippen molar-refractivity contribution in [2.24, 2.45) is 0 Å². The lowest BCUT2D eigenvalue weighted by Gasteiger charge is -2.36. The van der Waals surface area contributed by atoms with Gasteiger partial charge < -0.3 is 10.1 Å². The molecule has 1 heterocycles. The predicted octanol–water partition coefficient (Wildman–Crippen LogP) is 1.68. The zero-order valence-electron chi connectivity index (χ0n) is 11.7. The molecule has 3 nitrogen and oxygen atoms in total. The van der Waals surface area contributed by atoms with Gasteiger partial charge in [0.1, 0.15) is 5.82 Å². The molecule has 1 aromatic rings. The lowest BCUT2D eigenvalue weighted by molar-refractivity contribution is -0.0436. The second-order valence-electron chi connectivity index (χ2n) is 5.03. The average molecular weight is 266 g/mol. The number of rotatable bonds is 5. The molecular formula is C15H23FN2O. The first-order valence-electron chi connectivity index (χ1n) is 6.98. The summed E-state index contributed by atoms with van der Waals surface area (Å²) < 4.78 is 18.8. The number of nitrogens with one attached hydrogen (secondary N) is 1. The fourth-order valence-corrected chi connectivity index (χ4v) is 2.56. The molecule has 1 aliphatic heterocycles. The molecule has 19 heavy (non-hydrogen) atoms. The molecule has 0 amide bonds. The molecule has 0 aromatic heterocycles. The highest BCUT2D eigenvalue weighted by Crippen LogP contribution is 2.13. The Kier molecular flexibility index (Phi) is 5.31. The maximum atomic E-state index is 12.9. The highest BCUT2D eigenvalue weighted by Gasteiger charge is 2.26. The number of likely N-dealkylation sites (N-methyl/N-ethyl adjacent to an activating group) is 2. The van der Waals surface area contributed by atoms with E-state index in [1.54, 1.807) is 0 Å². The van der Waals surface area contributed by atoms with E-state index < -0.39 is 0 Å². The van der Waals surface area contributed by atoms with E-state index in [0.29, 0.717) is 0 Å². The molecule has 1 aromatic carbocycles. The number of hydrogen-bond acceptors (Lipinski definition) is 3. The summed E-state index contributed by atoms with van der Waals surface area (Å²) in [5.74, 6) is -0.184. The number of morpholine rings is 1. The maximum Gasteiger partial charge on any atom is 0.123 e. The van der Waals surface area contributed by atoms with Gasteiger partial charge in [0, 0.05) is 19.1 Å². The number of halogens is 1. The standard InChI is InChI=1S/C15H23FN2O/c1-3-18-8-9-19-15(11-18)14(17-2)10-12-4-6-13(16)7-5-12/h4-7,14-15,17H,3,8-11H2,1-2H3. The normalized spacial score (nSPS) is 22.4. The number of ether oxygens (including phenoxy) is 1. The third-order valence-electron chi connectivity index (χ3n) is 3.81. The van der Waals surface area contributed by atoms with Gasteiger partial charge in [-0.3, -0.25) is 4.90 Å². The van der Waals surface area contributed by atoms with Crippen molar-refractivity contribution in [3.8, 4) is 0 Å². The summed E-state index contributed by atoms with van der Waals surface area (Å²) in [6.45, 7) is 6.01. The third-order valence-corrected chi connectivity index (χ3v) is 3.81. The fourth-order valence-electron chi connectivity index (χ4n) is 2.56. The Balaban J connectivity index is 1.97. The van der Waals surface area contributed by atoms with E-state index in [9.17, 15) is 4.39 Å². The topological polar surface area (TPSA) is 24.5 Å². The Hall–Kier alpha value is -0.970. The largest absolute Gasteiger partial charge is 0.374 e. The van der Waals surface area contributed by atoms with Gasteiger partial charge in [-0.05, 0) is 37.7 Å². The highest BCUT2D eigenvalue weighted by molar-refractivity contribution is 5.17. The van der Waals surface area contributed by atoms with Gasteiger partial charge in [-0.2, -0.15) is 0 Å². The van der Waals surface area contributed by atoms with Crippen molar-refractivity contribution in [3.05, 3.63) is 35.6 Å². The summed E-state index contributed by atoms with van der Waals surface area (Å²) in [6, 6.07) is 6.99. The van der Waals surface area contributed by atoms with Crippen LogP contribution in [0, 0.1) is 5.82 Å². The first-order valence-corrected chi connectivity index (χ1v) is 6.98. The second-order valence-corrected chi connectivity index (χ2v) is 5.03. The second kappa shape index (κ2) is 6.98. The SMILES string of the molecule is CCN1CCOC(C(Cc2ccc(F)cc2)NC)C1. The summed E-state index contributed by atoms with van der Waals surface area (Å²) in [6.07, 6.45) is 1.06. The van der Waals surface area contributed by atoms with Crippen LogP contribution in [0.25, 0.3) is 0 Å². The monoisotopic (exact) mass is 266 g/mol. The lowest BCUT2D eigenvalue weighted by atomic mass is 10.00. The van der Waals surface area contributed by atoms with Crippen LogP contribution in [-0.2, 0) is 11.2 Å². The molecule has 4 heteroatoms. The van der Waals surface area contributed by atoms with Crippen molar-refractivity contribution in [1.82, 2.24) is 10.2 Å². The smallest absolute Gasteiger partial charge is 0.123 e. The Morgan fingerprint density at radius 2 is 2.16 bits per heavy atom. The van der Waals surface area contributed by atoms with Gasteiger partial charge in [-0.15, -0.1) is 0 Å². The molecule has 106 valence electrons. The van der Waals surface area contributed by atoms with Crippen molar-refractivity contribution in [1.29, 1.82) is 0 Å². The summed E-state index contributed by atoms with van der Waals surface area (Å²) >= 11 is 0. The molecule has 2 unspecified atom stereocenters. The maximum absolute atomic E-state index is 12.9. The molecule has 0 saturated carbocycles. The molecule has 1 saturated heterocycles. The van der Waals surface area contributed by atoms with Crippen molar-refractivity contribution < 1.29 is 9.13 Å². The summed E-state index contributed by atoms with van der Waals surface area (Å²) in [4.78, 5) is 2.41. The van der Waals surface area contributed by atoms with Gasteiger partial charge in [-0.1, -0.05) is 19.1 Å². The molecule has 0 bridgehead atoms. The van der Waals surface area contributed by atoms with Crippen LogP contribution in [0.4, 0.5) is 4.39 Å². The van der Waals surface area contributed by atoms with Crippen LogP contribution in [-0.4, -0.2) is 50.3 Å². The van der Waals surface area contributed by atoms with Gasteiger partial charge >= 0.3 is 0 Å². The van der Waals surface area contributed by atoms with Crippen LogP contribution < -0.4 is 5.32 Å². The van der Waals surface area contributed by atoms with E-state index in [4.69, 9.17) is 4.74 Å². The van der Waals surface area contributed by atoms with Crippen LogP contribution in [0.5, 0.6) is 0 Å². The Morgan fingerprint density at radius 3 is 2.79 bits per heavy atom. The average Bonchev–Trinajstić information content (AvgIpc) is 2.46. The van der Waals surface area contributed by atoms with Crippen molar-refractivity contribution in [3.63, 3.8) is 0 Å². The first-order chi connectivity index (χ1) is 9.22. The summed E-state index contributed by atoms with van der Waals surface area (Å²) in [7, 11) is 1.96. The van der Waals surface area contributed by atoms with Gasteiger partial charge in [0.15, 0.2) is 0 Å². The molecule has 0 aliphatic carbocycles. The zero-order valence-corrected chi connectivity index (χ0v) is 11.7. The molecule has 1 fully saturated rings. The minimum Gasteiger partial charge on any atom is -0.374 e. The van der Waals surface area contributed by atoms with E-state index >= 15 is 0 Å². The van der Waals surface area contributed by atoms with Gasteiger partial charge in [0.25, 0.3) is 0 Å². The third kappa shape index (κ3) is 4.00. The first kappa shape index (κ1) is 14.4. The zero-order chi connectivity index (χ0) is 13.7. The van der Waals surface area contributed by atoms with Crippen LogP contribution in [0.1, 0.15) is 12.5 Å². The van der Waals surface area contributed by atoms with Gasteiger partial charge in [0.2, 0.25) is 0 Å². The molecule has 2 atom stereocenters. The Morgan fingerprint density at radius 1 is 1.42 bits per heavy atom. The van der Waals surface area contributed by atoms with Crippen LogP contribution >= 0.6 is 0 Å². The molecule has 2 rings (SSSR count). The number of hydrogen-bond donors (Lipinski definition) is 1. The predicted molar refractivity (Wildman–Crippen MR) is 74.8 cm³/mol. The van der Waals surface area contributed by atoms with E-state index in [1.807, 2.05) is 19.2 Å². The highest BCUT2D eigenvalue weighted by atomic mass is 19.1. The minimum absolute atomic E-state index is 0.184. The summed E-state index contributed by atoms with van der Waals surface area (Å²) in [5.41, 5.74) is 1.14. The van der Waals surface area contributed by atoms with Crippen molar-refractivity contribution in [2.75, 3.05) is 33.3 Å². The van der Waals surface area contributed by atoms with Gasteiger partial charge in [0.05, 0.1) is 12.7 Å². The Bertz CT molecular complexity index is 382. The molecule has 0 spiro atoms. The number of benzene rings is 1. The number of nitrogens with zero attached hydrogens (tertiary/aromatic N) is 1. The van der Waals surface area contributed by atoms with Crippen LogP contribution in [0.3, 0.4) is 0 Å². The van der Waals surface area contributed by atoms with E-state index in [-0.39, 0.29) is 18.0 Å². The van der Waals surface area contributed by atoms with E-state index in [2.05, 4.69) is 17.1 Å². The molecular weight excluding hydrogens is 243 g/mol. The summed E-state index contributed by atoms with van der Waals surface area (Å²) in [5, 5.41) is 3.33. The Labute approximate surface area is 114 Å². The van der Waals surface area contributed by atoms with E-state index in [1.165, 1.54) is 12.1 Å². The van der Waals surface area contributed by atoms with E-state index in [0.717, 1.165) is 38.2 Å².